The van der Waals surface area contributed by atoms with Gasteiger partial charge in [0, 0.05) is 18.7 Å². The summed E-state index contributed by atoms with van der Waals surface area (Å²) in [5.74, 6) is 0.0290. The summed E-state index contributed by atoms with van der Waals surface area (Å²) in [5.41, 5.74) is 2.02. The van der Waals surface area contributed by atoms with Gasteiger partial charge in [-0.25, -0.2) is 0 Å². The number of methoxy groups -OCH3 is 1. The van der Waals surface area contributed by atoms with Crippen LogP contribution in [0, 0.1) is 0 Å². The summed E-state index contributed by atoms with van der Waals surface area (Å²) in [6.45, 7) is 1.21. The molecule has 156 valence electrons. The Bertz CT molecular complexity index is 1020. The quantitative estimate of drug-likeness (QED) is 0.623. The highest BCUT2D eigenvalue weighted by Gasteiger charge is 2.28. The number of benzene rings is 2. The zero-order valence-corrected chi connectivity index (χ0v) is 16.8. The average molecular weight is 408 g/mol. The van der Waals surface area contributed by atoms with E-state index in [9.17, 15) is 9.59 Å². The topological polar surface area (TPSA) is 96.7 Å². The molecule has 1 unspecified atom stereocenters. The maximum atomic E-state index is 12.2. The van der Waals surface area contributed by atoms with E-state index in [-0.39, 0.29) is 24.4 Å². The van der Waals surface area contributed by atoms with E-state index in [2.05, 4.69) is 20.5 Å². The van der Waals surface area contributed by atoms with Gasteiger partial charge >= 0.3 is 0 Å². The molecule has 30 heavy (non-hydrogen) atoms. The summed E-state index contributed by atoms with van der Waals surface area (Å²) in [7, 11) is 1.54. The van der Waals surface area contributed by atoms with E-state index in [4.69, 9.17) is 9.15 Å². The number of anilines is 1. The van der Waals surface area contributed by atoms with Gasteiger partial charge in [0.05, 0.1) is 19.7 Å². The first-order chi connectivity index (χ1) is 14.6. The van der Waals surface area contributed by atoms with Crippen molar-refractivity contribution in [2.75, 3.05) is 31.6 Å². The van der Waals surface area contributed by atoms with Crippen LogP contribution in [0.25, 0.3) is 11.1 Å². The lowest BCUT2D eigenvalue weighted by molar-refractivity contribution is -0.120. The molecule has 0 bridgehead atoms. The van der Waals surface area contributed by atoms with Crippen molar-refractivity contribution in [1.82, 2.24) is 15.6 Å². The Balaban J connectivity index is 1.29. The van der Waals surface area contributed by atoms with Crippen LogP contribution < -0.4 is 20.3 Å². The number of nitrogens with one attached hydrogen (secondary N) is 2. The Morgan fingerprint density at radius 1 is 1.20 bits per heavy atom. The van der Waals surface area contributed by atoms with Crippen molar-refractivity contribution < 1.29 is 18.7 Å². The second-order valence-corrected chi connectivity index (χ2v) is 7.17. The van der Waals surface area contributed by atoms with Crippen LogP contribution in [0.5, 0.6) is 5.75 Å². The van der Waals surface area contributed by atoms with Gasteiger partial charge in [0.2, 0.25) is 5.91 Å². The Labute approximate surface area is 174 Å². The third-order valence-corrected chi connectivity index (χ3v) is 5.18. The molecule has 4 rings (SSSR count). The molecule has 0 aliphatic carbocycles. The van der Waals surface area contributed by atoms with Crippen LogP contribution in [-0.2, 0) is 4.79 Å². The smallest absolute Gasteiger partial charge is 0.298 e. The molecular formula is C22H24N4O4. The highest BCUT2D eigenvalue weighted by atomic mass is 16.5. The molecule has 8 heteroatoms. The lowest BCUT2D eigenvalue weighted by Crippen LogP contribution is -2.44. The van der Waals surface area contributed by atoms with Gasteiger partial charge in [0.15, 0.2) is 5.58 Å². The van der Waals surface area contributed by atoms with E-state index in [1.807, 2.05) is 24.3 Å². The fraction of sp³-hybridized carbons (Fsp3) is 0.318. The molecular weight excluding hydrogens is 384 g/mol. The van der Waals surface area contributed by atoms with Crippen molar-refractivity contribution >= 4 is 28.9 Å². The maximum Gasteiger partial charge on any atom is 0.298 e. The van der Waals surface area contributed by atoms with Crippen LogP contribution in [0.4, 0.5) is 6.01 Å². The molecule has 1 fully saturated rings. The first kappa shape index (κ1) is 19.8. The lowest BCUT2D eigenvalue weighted by atomic mass is 10.2. The molecule has 0 spiro atoms. The summed E-state index contributed by atoms with van der Waals surface area (Å²) in [6.07, 6.45) is 1.95. The standard InChI is InChI=1S/C22H24N4O4/c1-29-17-8-4-6-15(12-17)21(28)24-14-20(27)23-13-16-7-5-11-26(16)22-25-18-9-2-3-10-19(18)30-22/h2-4,6,8-10,12,16H,5,7,11,13-14H2,1H3,(H,23,27)(H,24,28). The third kappa shape index (κ3) is 4.37. The second-order valence-electron chi connectivity index (χ2n) is 7.17. The zero-order chi connectivity index (χ0) is 20.9. The first-order valence-corrected chi connectivity index (χ1v) is 9.95. The number of amides is 2. The van der Waals surface area contributed by atoms with Gasteiger partial charge in [-0.3, -0.25) is 9.59 Å². The molecule has 1 aliphatic heterocycles. The molecule has 3 aromatic rings. The maximum absolute atomic E-state index is 12.2. The van der Waals surface area contributed by atoms with Crippen molar-refractivity contribution in [3.8, 4) is 5.75 Å². The second kappa shape index (κ2) is 8.86. The van der Waals surface area contributed by atoms with E-state index in [1.54, 1.807) is 24.3 Å². The van der Waals surface area contributed by atoms with E-state index in [0.717, 1.165) is 30.5 Å². The van der Waals surface area contributed by atoms with Crippen molar-refractivity contribution in [2.45, 2.75) is 18.9 Å². The van der Waals surface area contributed by atoms with E-state index in [0.29, 0.717) is 23.9 Å². The van der Waals surface area contributed by atoms with Gasteiger partial charge in [-0.05, 0) is 43.2 Å². The molecule has 1 aliphatic rings. The Hall–Kier alpha value is -3.55. The SMILES string of the molecule is COc1cccc(C(=O)NCC(=O)NCC2CCCN2c2nc3ccccc3o2)c1. The van der Waals surface area contributed by atoms with Crippen LogP contribution in [-0.4, -0.2) is 49.6 Å². The number of hydrogen-bond acceptors (Lipinski definition) is 6. The zero-order valence-electron chi connectivity index (χ0n) is 16.8. The van der Waals surface area contributed by atoms with Crippen LogP contribution >= 0.6 is 0 Å². The number of carbonyl (C=O) groups is 2. The van der Waals surface area contributed by atoms with Crippen molar-refractivity contribution in [1.29, 1.82) is 0 Å². The highest BCUT2D eigenvalue weighted by molar-refractivity contribution is 5.96. The summed E-state index contributed by atoms with van der Waals surface area (Å²) in [6, 6.07) is 15.1. The number of fused-ring (bicyclic) bond motifs is 1. The number of hydrogen-bond donors (Lipinski definition) is 2. The number of aromatic nitrogens is 1. The summed E-state index contributed by atoms with van der Waals surface area (Å²) in [4.78, 5) is 31.1. The molecule has 2 amide bonds. The minimum absolute atomic E-state index is 0.0916. The third-order valence-electron chi connectivity index (χ3n) is 5.18. The van der Waals surface area contributed by atoms with Gasteiger partial charge in [-0.1, -0.05) is 18.2 Å². The average Bonchev–Trinajstić information content (AvgIpc) is 3.42. The summed E-state index contributed by atoms with van der Waals surface area (Å²) in [5, 5.41) is 5.53. The normalized spacial score (nSPS) is 15.9. The van der Waals surface area contributed by atoms with Crippen LogP contribution in [0.3, 0.4) is 0 Å². The molecule has 1 saturated heterocycles. The summed E-state index contributed by atoms with van der Waals surface area (Å²) < 4.78 is 11.0. The van der Waals surface area contributed by atoms with E-state index < -0.39 is 0 Å². The van der Waals surface area contributed by atoms with Gasteiger partial charge in [-0.15, -0.1) is 0 Å². The fourth-order valence-electron chi connectivity index (χ4n) is 3.60. The van der Waals surface area contributed by atoms with Crippen molar-refractivity contribution in [2.24, 2.45) is 0 Å². The molecule has 2 N–H and O–H groups in total. The van der Waals surface area contributed by atoms with Crippen LogP contribution in [0.2, 0.25) is 0 Å². The molecule has 0 saturated carbocycles. The molecule has 8 nitrogen and oxygen atoms in total. The largest absolute Gasteiger partial charge is 0.497 e. The minimum Gasteiger partial charge on any atom is -0.497 e. The number of ether oxygens (including phenoxy) is 1. The number of nitrogens with zero attached hydrogens (tertiary/aromatic N) is 2. The van der Waals surface area contributed by atoms with Crippen LogP contribution in [0.15, 0.2) is 52.9 Å². The number of oxazole rings is 1. The van der Waals surface area contributed by atoms with Crippen LogP contribution in [0.1, 0.15) is 23.2 Å². The molecule has 2 aromatic carbocycles. The minimum atomic E-state index is -0.321. The molecule has 1 atom stereocenters. The number of rotatable bonds is 7. The van der Waals surface area contributed by atoms with E-state index >= 15 is 0 Å². The molecule has 2 heterocycles. The molecule has 0 radical (unpaired) electrons. The van der Waals surface area contributed by atoms with Crippen molar-refractivity contribution in [3.05, 3.63) is 54.1 Å². The Morgan fingerprint density at radius 2 is 2.07 bits per heavy atom. The first-order valence-electron chi connectivity index (χ1n) is 9.95. The Kier molecular flexibility index (Phi) is 5.83. The predicted molar refractivity (Wildman–Crippen MR) is 113 cm³/mol. The van der Waals surface area contributed by atoms with E-state index in [1.165, 1.54) is 7.11 Å². The van der Waals surface area contributed by atoms with Gasteiger partial charge < -0.3 is 24.7 Å². The van der Waals surface area contributed by atoms with Gasteiger partial charge in [0.1, 0.15) is 11.3 Å². The fourth-order valence-corrected chi connectivity index (χ4v) is 3.60. The monoisotopic (exact) mass is 408 g/mol. The summed E-state index contributed by atoms with van der Waals surface area (Å²) >= 11 is 0. The predicted octanol–water partition coefficient (Wildman–Crippen LogP) is 2.35. The molecule has 1 aromatic heterocycles. The lowest BCUT2D eigenvalue weighted by Gasteiger charge is -2.23. The van der Waals surface area contributed by atoms with Crippen molar-refractivity contribution in [3.63, 3.8) is 0 Å². The number of carbonyl (C=O) groups excluding carboxylic acids is 2. The number of para-hydroxylation sites is 2. The highest BCUT2D eigenvalue weighted by Crippen LogP contribution is 2.27. The van der Waals surface area contributed by atoms with Gasteiger partial charge in [0.25, 0.3) is 11.9 Å². The Morgan fingerprint density at radius 3 is 2.90 bits per heavy atom. The van der Waals surface area contributed by atoms with Gasteiger partial charge in [-0.2, -0.15) is 4.98 Å².